The van der Waals surface area contributed by atoms with Gasteiger partial charge in [-0.3, -0.25) is 4.79 Å². The Morgan fingerprint density at radius 2 is 2.10 bits per heavy atom. The second-order valence-electron chi connectivity index (χ2n) is 3.97. The van der Waals surface area contributed by atoms with E-state index >= 15 is 0 Å². The highest BCUT2D eigenvalue weighted by Crippen LogP contribution is 2.23. The van der Waals surface area contributed by atoms with Crippen molar-refractivity contribution in [2.45, 2.75) is 6.92 Å². The van der Waals surface area contributed by atoms with Crippen LogP contribution in [0.3, 0.4) is 0 Å². The van der Waals surface area contributed by atoms with Gasteiger partial charge in [0.2, 0.25) is 0 Å². The van der Waals surface area contributed by atoms with E-state index in [2.05, 4.69) is 15.1 Å². The smallest absolute Gasteiger partial charge is 0.290 e. The van der Waals surface area contributed by atoms with Crippen LogP contribution in [-0.2, 0) is 4.79 Å². The highest BCUT2D eigenvalue weighted by molar-refractivity contribution is 5.66. The van der Waals surface area contributed by atoms with Crippen molar-refractivity contribution in [3.8, 4) is 11.3 Å². The van der Waals surface area contributed by atoms with Crippen LogP contribution in [-0.4, -0.2) is 31.2 Å². The molecule has 7 heteroatoms. The molecular formula is C13H13N5O2. The normalized spacial score (nSPS) is 9.85. The van der Waals surface area contributed by atoms with Gasteiger partial charge in [-0.2, -0.15) is 5.10 Å². The Morgan fingerprint density at radius 1 is 1.35 bits per heavy atom. The molecule has 3 N–H and O–H groups in total. The Hall–Kier alpha value is -2.96. The molecule has 3 aromatic rings. The monoisotopic (exact) mass is 271 g/mol. The third-order valence-corrected chi connectivity index (χ3v) is 2.69. The molecular weight excluding hydrogens is 258 g/mol. The summed E-state index contributed by atoms with van der Waals surface area (Å²) >= 11 is 0. The molecule has 0 amide bonds. The molecule has 3 aromatic heterocycles. The highest BCUT2D eigenvalue weighted by Gasteiger charge is 2.09. The third-order valence-electron chi connectivity index (χ3n) is 2.69. The fraction of sp³-hybridized carbons (Fsp3) is 0.0769. The van der Waals surface area contributed by atoms with E-state index in [1.165, 1.54) is 0 Å². The van der Waals surface area contributed by atoms with Crippen LogP contribution < -0.4 is 5.73 Å². The number of hydrogen-bond acceptors (Lipinski definition) is 5. The minimum Gasteiger partial charge on any atom is -0.483 e. The molecule has 0 radical (unpaired) electrons. The van der Waals surface area contributed by atoms with Gasteiger partial charge in [0, 0.05) is 18.0 Å². The molecule has 3 rings (SSSR count). The average molecular weight is 271 g/mol. The number of nitrogen functional groups attached to an aromatic ring is 1. The molecule has 0 aliphatic rings. The fourth-order valence-corrected chi connectivity index (χ4v) is 1.86. The zero-order valence-corrected chi connectivity index (χ0v) is 10.8. The molecule has 0 saturated carbocycles. The fourth-order valence-electron chi connectivity index (χ4n) is 1.86. The first-order chi connectivity index (χ1) is 9.67. The lowest BCUT2D eigenvalue weighted by Crippen LogP contribution is -1.96. The Labute approximate surface area is 114 Å². The molecule has 0 aliphatic heterocycles. The molecule has 7 nitrogen and oxygen atoms in total. The van der Waals surface area contributed by atoms with Crippen molar-refractivity contribution < 1.29 is 9.90 Å². The largest absolute Gasteiger partial charge is 0.483 e. The molecule has 20 heavy (non-hydrogen) atoms. The molecule has 0 unspecified atom stereocenters. The van der Waals surface area contributed by atoms with Crippen LogP contribution in [0, 0.1) is 6.92 Å². The van der Waals surface area contributed by atoms with E-state index in [0.717, 1.165) is 22.5 Å². The van der Waals surface area contributed by atoms with Crippen LogP contribution in [0.15, 0.2) is 36.8 Å². The van der Waals surface area contributed by atoms with Crippen LogP contribution in [0.5, 0.6) is 0 Å². The van der Waals surface area contributed by atoms with Crippen molar-refractivity contribution in [3.05, 3.63) is 42.4 Å². The van der Waals surface area contributed by atoms with Gasteiger partial charge >= 0.3 is 0 Å². The summed E-state index contributed by atoms with van der Waals surface area (Å²) in [7, 11) is 0. The van der Waals surface area contributed by atoms with E-state index in [0.29, 0.717) is 5.82 Å². The number of fused-ring (bicyclic) bond motifs is 1. The molecule has 0 bridgehead atoms. The predicted octanol–water partition coefficient (Wildman–Crippen LogP) is 1.38. The minimum absolute atomic E-state index is 0.250. The third kappa shape index (κ3) is 2.56. The van der Waals surface area contributed by atoms with Crippen molar-refractivity contribution in [1.82, 2.24) is 19.6 Å². The highest BCUT2D eigenvalue weighted by atomic mass is 16.3. The van der Waals surface area contributed by atoms with Crippen molar-refractivity contribution in [2.24, 2.45) is 0 Å². The average Bonchev–Trinajstić information content (AvgIpc) is 2.84. The molecule has 0 fully saturated rings. The number of nitrogens with two attached hydrogens (primary N) is 1. The number of rotatable bonds is 1. The topological polar surface area (TPSA) is 106 Å². The van der Waals surface area contributed by atoms with Crippen molar-refractivity contribution in [2.75, 3.05) is 5.73 Å². The van der Waals surface area contributed by atoms with E-state index in [9.17, 15) is 0 Å². The number of pyridine rings is 1. The summed E-state index contributed by atoms with van der Waals surface area (Å²) in [5, 5.41) is 11.2. The lowest BCUT2D eigenvalue weighted by Gasteiger charge is -2.04. The van der Waals surface area contributed by atoms with E-state index < -0.39 is 0 Å². The van der Waals surface area contributed by atoms with Crippen LogP contribution in [0.25, 0.3) is 16.9 Å². The van der Waals surface area contributed by atoms with Crippen LogP contribution in [0.1, 0.15) is 5.56 Å². The standard InChI is InChI=1S/C12H11N5.CH2O2/c1-8-5-11(13)14-6-9(8)10-7-15-12-3-2-4-16-17(10)12;2-1-3/h2-7H,1H3,(H2,13,14);1H,(H,2,3). The Balaban J connectivity index is 0.000000452. The molecule has 0 saturated heterocycles. The van der Waals surface area contributed by atoms with E-state index in [1.54, 1.807) is 23.1 Å². The van der Waals surface area contributed by atoms with Gasteiger partial charge in [0.1, 0.15) is 5.82 Å². The Kier molecular flexibility index (Phi) is 3.90. The molecule has 3 heterocycles. The summed E-state index contributed by atoms with van der Waals surface area (Å²) in [5.74, 6) is 0.521. The second kappa shape index (κ2) is 5.79. The quantitative estimate of drug-likeness (QED) is 0.647. The maximum Gasteiger partial charge on any atom is 0.290 e. The second-order valence-corrected chi connectivity index (χ2v) is 3.97. The predicted molar refractivity (Wildman–Crippen MR) is 74.1 cm³/mol. The van der Waals surface area contributed by atoms with Crippen molar-refractivity contribution in [3.63, 3.8) is 0 Å². The molecule has 102 valence electrons. The van der Waals surface area contributed by atoms with Crippen molar-refractivity contribution in [1.29, 1.82) is 0 Å². The first-order valence-electron chi connectivity index (χ1n) is 5.76. The van der Waals surface area contributed by atoms with Crippen LogP contribution in [0.2, 0.25) is 0 Å². The number of aromatic nitrogens is 4. The summed E-state index contributed by atoms with van der Waals surface area (Å²) in [6.45, 7) is 1.75. The number of carboxylic acid groups (broad SMARTS) is 1. The summed E-state index contributed by atoms with van der Waals surface area (Å²) < 4.78 is 1.79. The number of carbonyl (C=O) groups is 1. The summed E-state index contributed by atoms with van der Waals surface area (Å²) in [4.78, 5) is 16.8. The first-order valence-corrected chi connectivity index (χ1v) is 5.76. The van der Waals surface area contributed by atoms with E-state index in [1.807, 2.05) is 25.1 Å². The zero-order valence-electron chi connectivity index (χ0n) is 10.8. The number of anilines is 1. The number of imidazole rings is 1. The molecule has 0 aliphatic carbocycles. The Morgan fingerprint density at radius 3 is 2.80 bits per heavy atom. The number of aryl methyl sites for hydroxylation is 1. The van der Waals surface area contributed by atoms with Gasteiger partial charge in [0.05, 0.1) is 11.9 Å². The SMILES string of the molecule is Cc1cc(N)ncc1-c1cnc2cccnn12.O=CO. The molecule has 0 aromatic carbocycles. The van der Waals surface area contributed by atoms with Crippen LogP contribution in [0.4, 0.5) is 5.82 Å². The first kappa shape index (κ1) is 13.5. The van der Waals surface area contributed by atoms with Crippen molar-refractivity contribution >= 4 is 17.9 Å². The van der Waals surface area contributed by atoms with Gasteiger partial charge in [-0.25, -0.2) is 14.5 Å². The summed E-state index contributed by atoms with van der Waals surface area (Å²) in [5.41, 5.74) is 9.44. The lowest BCUT2D eigenvalue weighted by atomic mass is 10.1. The maximum atomic E-state index is 8.36. The summed E-state index contributed by atoms with van der Waals surface area (Å²) in [6.07, 6.45) is 5.28. The summed E-state index contributed by atoms with van der Waals surface area (Å²) in [6, 6.07) is 5.62. The lowest BCUT2D eigenvalue weighted by molar-refractivity contribution is -0.122. The number of nitrogens with zero attached hydrogens (tertiary/aromatic N) is 4. The van der Waals surface area contributed by atoms with Gasteiger partial charge < -0.3 is 10.8 Å². The van der Waals surface area contributed by atoms with E-state index in [-0.39, 0.29) is 6.47 Å². The minimum atomic E-state index is -0.250. The van der Waals surface area contributed by atoms with Gasteiger partial charge in [-0.05, 0) is 30.7 Å². The molecule has 0 spiro atoms. The maximum absolute atomic E-state index is 8.36. The molecule has 0 atom stereocenters. The van der Waals surface area contributed by atoms with Crippen LogP contribution >= 0.6 is 0 Å². The zero-order chi connectivity index (χ0) is 14.5. The van der Waals surface area contributed by atoms with Gasteiger partial charge in [-0.15, -0.1) is 0 Å². The van der Waals surface area contributed by atoms with Gasteiger partial charge in [-0.1, -0.05) is 0 Å². The Bertz CT molecular complexity index is 738. The van der Waals surface area contributed by atoms with Gasteiger partial charge in [0.25, 0.3) is 6.47 Å². The van der Waals surface area contributed by atoms with Gasteiger partial charge in [0.15, 0.2) is 5.65 Å². The number of hydrogen-bond donors (Lipinski definition) is 2. The van der Waals surface area contributed by atoms with E-state index in [4.69, 9.17) is 15.6 Å².